The number of cyclic esters (lactones) is 2. The number of carbonyl (C=O) groups excluding carboxylic acids is 3. The summed E-state index contributed by atoms with van der Waals surface area (Å²) >= 11 is 0. The first-order chi connectivity index (χ1) is 11.3. The summed E-state index contributed by atoms with van der Waals surface area (Å²) < 4.78 is 10.0. The number of nitrogens with one attached hydrogen (secondary N) is 2. The van der Waals surface area contributed by atoms with E-state index in [9.17, 15) is 14.4 Å². The van der Waals surface area contributed by atoms with Crippen molar-refractivity contribution in [1.29, 1.82) is 0 Å². The van der Waals surface area contributed by atoms with Crippen LogP contribution >= 0.6 is 0 Å². The monoisotopic (exact) mass is 331 g/mol. The lowest BCUT2D eigenvalue weighted by Crippen LogP contribution is -2.42. The molecule has 2 heterocycles. The molecule has 1 fully saturated rings. The topological polar surface area (TPSA) is 97.0 Å². The number of urea groups is 1. The summed E-state index contributed by atoms with van der Waals surface area (Å²) in [7, 11) is 1.68. The molecule has 2 amide bonds. The molecule has 8 heteroatoms. The van der Waals surface area contributed by atoms with E-state index in [-0.39, 0.29) is 11.6 Å². The van der Waals surface area contributed by atoms with Gasteiger partial charge in [0, 0.05) is 39.3 Å². The molecule has 24 heavy (non-hydrogen) atoms. The minimum absolute atomic E-state index is 0.166. The Morgan fingerprint density at radius 3 is 2.54 bits per heavy atom. The van der Waals surface area contributed by atoms with E-state index in [0.29, 0.717) is 12.2 Å². The Morgan fingerprint density at radius 2 is 1.88 bits per heavy atom. The quantitative estimate of drug-likeness (QED) is 0.484. The zero-order valence-corrected chi connectivity index (χ0v) is 13.5. The van der Waals surface area contributed by atoms with Crippen LogP contribution in [-0.4, -0.2) is 30.8 Å². The van der Waals surface area contributed by atoms with E-state index in [1.54, 1.807) is 19.2 Å². The minimum atomic E-state index is -1.26. The SMILES string of the molecule is CN1C(=O)NCc2cc(NC=C3C(=O)OC(C)(C)OC3=O)ccc21. The summed E-state index contributed by atoms with van der Waals surface area (Å²) in [6.45, 7) is 3.38. The Labute approximate surface area is 138 Å². The lowest BCUT2D eigenvalue weighted by atomic mass is 10.1. The number of amides is 2. The number of esters is 2. The molecule has 1 aromatic carbocycles. The second-order valence-corrected chi connectivity index (χ2v) is 5.94. The first-order valence-corrected chi connectivity index (χ1v) is 7.35. The minimum Gasteiger partial charge on any atom is -0.419 e. The van der Waals surface area contributed by atoms with Crippen molar-refractivity contribution in [3.8, 4) is 0 Å². The van der Waals surface area contributed by atoms with Crippen LogP contribution in [0, 0.1) is 0 Å². The fourth-order valence-corrected chi connectivity index (χ4v) is 2.48. The van der Waals surface area contributed by atoms with Gasteiger partial charge in [-0.15, -0.1) is 0 Å². The van der Waals surface area contributed by atoms with E-state index in [4.69, 9.17) is 9.47 Å². The van der Waals surface area contributed by atoms with Gasteiger partial charge in [-0.3, -0.25) is 4.90 Å². The van der Waals surface area contributed by atoms with Gasteiger partial charge in [-0.05, 0) is 23.8 Å². The predicted octanol–water partition coefficient (Wildman–Crippen LogP) is 1.48. The first kappa shape index (κ1) is 15.9. The fraction of sp³-hybridized carbons (Fsp3) is 0.312. The summed E-state index contributed by atoms with van der Waals surface area (Å²) in [4.78, 5) is 36.8. The van der Waals surface area contributed by atoms with Crippen LogP contribution in [-0.2, 0) is 25.6 Å². The lowest BCUT2D eigenvalue weighted by molar-refractivity contribution is -0.222. The van der Waals surface area contributed by atoms with Crippen molar-refractivity contribution in [1.82, 2.24) is 5.32 Å². The van der Waals surface area contributed by atoms with Crippen molar-refractivity contribution in [2.45, 2.75) is 26.2 Å². The normalized spacial score (nSPS) is 19.0. The highest BCUT2D eigenvalue weighted by Gasteiger charge is 2.38. The average molecular weight is 331 g/mol. The van der Waals surface area contributed by atoms with Crippen molar-refractivity contribution < 1.29 is 23.9 Å². The predicted molar refractivity (Wildman–Crippen MR) is 85.0 cm³/mol. The number of nitrogens with zero attached hydrogens (tertiary/aromatic N) is 1. The van der Waals surface area contributed by atoms with Gasteiger partial charge in [0.05, 0.1) is 5.69 Å². The van der Waals surface area contributed by atoms with Crippen LogP contribution in [0.1, 0.15) is 19.4 Å². The van der Waals surface area contributed by atoms with Crippen molar-refractivity contribution in [3.05, 3.63) is 35.5 Å². The zero-order chi connectivity index (χ0) is 17.5. The molecule has 0 spiro atoms. The van der Waals surface area contributed by atoms with E-state index in [2.05, 4.69) is 10.6 Å². The molecule has 2 aliphatic rings. The molecule has 0 aliphatic carbocycles. The summed E-state index contributed by atoms with van der Waals surface area (Å²) in [5.41, 5.74) is 2.17. The van der Waals surface area contributed by atoms with Crippen LogP contribution in [0.4, 0.5) is 16.2 Å². The van der Waals surface area contributed by atoms with Gasteiger partial charge >= 0.3 is 18.0 Å². The summed E-state index contributed by atoms with van der Waals surface area (Å²) in [5.74, 6) is -2.75. The molecule has 8 nitrogen and oxygen atoms in total. The molecule has 2 aliphatic heterocycles. The highest BCUT2D eigenvalue weighted by atomic mass is 16.7. The Kier molecular flexibility index (Phi) is 3.67. The second-order valence-electron chi connectivity index (χ2n) is 5.94. The molecule has 0 bridgehead atoms. The van der Waals surface area contributed by atoms with Gasteiger partial charge in [0.15, 0.2) is 5.57 Å². The smallest absolute Gasteiger partial charge is 0.350 e. The number of hydrogen-bond acceptors (Lipinski definition) is 6. The second kappa shape index (κ2) is 5.55. The number of hydrogen-bond donors (Lipinski definition) is 2. The van der Waals surface area contributed by atoms with Crippen LogP contribution < -0.4 is 15.5 Å². The third kappa shape index (κ3) is 2.90. The standard InChI is InChI=1S/C16H17N3O5/c1-16(2)23-13(20)11(14(21)24-16)8-17-10-4-5-12-9(6-10)7-18-15(22)19(12)3/h4-6,8,17H,7H2,1-3H3,(H,18,22). The summed E-state index contributed by atoms with van der Waals surface area (Å²) in [6, 6.07) is 5.19. The van der Waals surface area contributed by atoms with Crippen LogP contribution in [0.2, 0.25) is 0 Å². The molecule has 0 radical (unpaired) electrons. The Morgan fingerprint density at radius 1 is 1.21 bits per heavy atom. The molecular weight excluding hydrogens is 314 g/mol. The van der Waals surface area contributed by atoms with E-state index in [1.165, 1.54) is 24.9 Å². The van der Waals surface area contributed by atoms with Crippen molar-refractivity contribution in [2.24, 2.45) is 0 Å². The third-order valence-corrected chi connectivity index (χ3v) is 3.68. The molecule has 0 unspecified atom stereocenters. The van der Waals surface area contributed by atoms with Gasteiger partial charge < -0.3 is 20.1 Å². The van der Waals surface area contributed by atoms with E-state index in [0.717, 1.165) is 11.3 Å². The van der Waals surface area contributed by atoms with Gasteiger partial charge in [0.2, 0.25) is 0 Å². The highest BCUT2D eigenvalue weighted by Crippen LogP contribution is 2.27. The number of benzene rings is 1. The molecule has 1 saturated heterocycles. The number of ether oxygens (including phenoxy) is 2. The Hall–Kier alpha value is -3.03. The van der Waals surface area contributed by atoms with Crippen LogP contribution in [0.15, 0.2) is 30.0 Å². The van der Waals surface area contributed by atoms with Gasteiger partial charge in [0.1, 0.15) is 0 Å². The molecule has 126 valence electrons. The maximum Gasteiger partial charge on any atom is 0.350 e. The van der Waals surface area contributed by atoms with E-state index < -0.39 is 17.7 Å². The van der Waals surface area contributed by atoms with Crippen molar-refractivity contribution >= 4 is 29.3 Å². The Balaban J connectivity index is 1.79. The van der Waals surface area contributed by atoms with E-state index >= 15 is 0 Å². The van der Waals surface area contributed by atoms with Crippen LogP contribution in [0.5, 0.6) is 0 Å². The maximum absolute atomic E-state index is 11.9. The first-order valence-electron chi connectivity index (χ1n) is 7.35. The number of fused-ring (bicyclic) bond motifs is 1. The molecule has 2 N–H and O–H groups in total. The van der Waals surface area contributed by atoms with Crippen molar-refractivity contribution in [3.63, 3.8) is 0 Å². The number of rotatable bonds is 2. The maximum atomic E-state index is 11.9. The number of anilines is 2. The molecule has 3 rings (SSSR count). The number of carbonyl (C=O) groups is 3. The molecular formula is C16H17N3O5. The summed E-state index contributed by atoms with van der Waals surface area (Å²) in [6.07, 6.45) is 1.26. The lowest BCUT2D eigenvalue weighted by Gasteiger charge is -2.29. The molecule has 1 aromatic rings. The largest absolute Gasteiger partial charge is 0.419 e. The fourth-order valence-electron chi connectivity index (χ4n) is 2.48. The van der Waals surface area contributed by atoms with Crippen LogP contribution in [0.25, 0.3) is 0 Å². The van der Waals surface area contributed by atoms with Gasteiger partial charge in [-0.2, -0.15) is 0 Å². The average Bonchev–Trinajstić information content (AvgIpc) is 2.49. The van der Waals surface area contributed by atoms with Gasteiger partial charge in [-0.1, -0.05) is 0 Å². The van der Waals surface area contributed by atoms with E-state index in [1.807, 2.05) is 6.07 Å². The van der Waals surface area contributed by atoms with Crippen molar-refractivity contribution in [2.75, 3.05) is 17.3 Å². The van der Waals surface area contributed by atoms with Crippen LogP contribution in [0.3, 0.4) is 0 Å². The third-order valence-electron chi connectivity index (χ3n) is 3.68. The highest BCUT2D eigenvalue weighted by molar-refractivity contribution is 6.15. The molecule has 0 aromatic heterocycles. The zero-order valence-electron chi connectivity index (χ0n) is 13.5. The summed E-state index contributed by atoms with van der Waals surface area (Å²) in [5, 5.41) is 5.62. The molecule has 0 saturated carbocycles. The van der Waals surface area contributed by atoms with Gasteiger partial charge in [-0.25, -0.2) is 14.4 Å². The Bertz CT molecular complexity index is 747. The van der Waals surface area contributed by atoms with Gasteiger partial charge in [0.25, 0.3) is 5.79 Å². The molecule has 0 atom stereocenters.